The van der Waals surface area contributed by atoms with Crippen LogP contribution in [0.1, 0.15) is 110 Å². The van der Waals surface area contributed by atoms with Crippen LogP contribution in [0.3, 0.4) is 0 Å². The molecule has 0 bridgehead atoms. The Balaban J connectivity index is 2.93. The van der Waals surface area contributed by atoms with Crippen molar-refractivity contribution in [1.29, 1.82) is 0 Å². The Morgan fingerprint density at radius 3 is 1.00 bits per heavy atom. The molecule has 126 valence electrons. The first kappa shape index (κ1) is 21.8. The van der Waals surface area contributed by atoms with Crippen LogP contribution in [0.4, 0.5) is 0 Å². The van der Waals surface area contributed by atoms with E-state index >= 15 is 0 Å². The Labute approximate surface area is 143 Å². The summed E-state index contributed by atoms with van der Waals surface area (Å²) < 4.78 is 1.63. The molecule has 0 spiro atoms. The number of hydrogen-bond donors (Lipinski definition) is 0. The van der Waals surface area contributed by atoms with E-state index < -0.39 is 19.8 Å². The molecule has 0 nitrogen and oxygen atoms in total. The van der Waals surface area contributed by atoms with E-state index in [2.05, 4.69) is 16.8 Å². The van der Waals surface area contributed by atoms with Crippen molar-refractivity contribution in [2.75, 3.05) is 0 Å². The third kappa shape index (κ3) is 20.8. The maximum atomic E-state index is 2.54. The summed E-state index contributed by atoms with van der Waals surface area (Å²) in [6.07, 6.45) is 23.8. The van der Waals surface area contributed by atoms with Gasteiger partial charge in [0.2, 0.25) is 0 Å². The summed E-state index contributed by atoms with van der Waals surface area (Å²) in [5.41, 5.74) is 0. The van der Waals surface area contributed by atoms with Crippen LogP contribution in [0.5, 0.6) is 0 Å². The molecule has 0 heterocycles. The summed E-state index contributed by atoms with van der Waals surface area (Å²) in [4.78, 5) is 5.07. The van der Waals surface area contributed by atoms with Crippen LogP contribution in [0, 0.1) is 0 Å². The zero-order valence-corrected chi connectivity index (χ0v) is 18.4. The number of hydrogen-bond acceptors (Lipinski definition) is 0. The van der Waals surface area contributed by atoms with Crippen LogP contribution in [-0.2, 0) is 0 Å². The van der Waals surface area contributed by atoms with Crippen LogP contribution < -0.4 is 0 Å². The average molecular weight is 402 g/mol. The van der Waals surface area contributed by atoms with E-state index in [9.17, 15) is 0 Å². The molecule has 0 aromatic rings. The van der Waals surface area contributed by atoms with Gasteiger partial charge in [0.25, 0.3) is 0 Å². The molecule has 0 fully saturated rings. The van der Waals surface area contributed by atoms with E-state index in [0.717, 1.165) is 0 Å². The molecule has 21 heavy (non-hydrogen) atoms. The summed E-state index contributed by atoms with van der Waals surface area (Å²) in [5.74, 6) is 0. The van der Waals surface area contributed by atoms with Crippen molar-refractivity contribution in [2.24, 2.45) is 0 Å². The van der Waals surface area contributed by atoms with Crippen molar-refractivity contribution >= 4 is 19.8 Å². The van der Waals surface area contributed by atoms with Crippen molar-refractivity contribution in [1.82, 2.24) is 0 Å². The quantitative estimate of drug-likeness (QED) is 0.171. The van der Waals surface area contributed by atoms with Gasteiger partial charge in [0.1, 0.15) is 0 Å². The van der Waals surface area contributed by atoms with Gasteiger partial charge in [0.15, 0.2) is 0 Å². The Hall–Kier alpha value is 0.799. The summed E-state index contributed by atoms with van der Waals surface area (Å²) in [6.45, 7) is 2.30. The van der Waals surface area contributed by atoms with E-state index in [4.69, 9.17) is 0 Å². The molecule has 1 heteroatoms. The van der Waals surface area contributed by atoms with Crippen LogP contribution >= 0.6 is 0 Å². The van der Waals surface area contributed by atoms with E-state index in [1.807, 2.05) is 0 Å². The zero-order chi connectivity index (χ0) is 15.6. The Bertz CT molecular complexity index is 177. The molecule has 0 amide bonds. The average Bonchev–Trinajstić information content (AvgIpc) is 2.46. The number of rotatable bonds is 17. The number of unbranched alkanes of at least 4 members (excludes halogenated alkanes) is 15. The van der Waals surface area contributed by atoms with Crippen LogP contribution in [0.15, 0.2) is 0 Å². The second-order valence-corrected chi connectivity index (χ2v) is 15.6. The Morgan fingerprint density at radius 1 is 0.429 bits per heavy atom. The predicted octanol–water partition coefficient (Wildman–Crippen LogP) is 8.00. The fraction of sp³-hybridized carbons (Fsp3) is 1.00. The minimum absolute atomic E-state index is 0.747. The monoisotopic (exact) mass is 403 g/mol. The van der Waals surface area contributed by atoms with Crippen molar-refractivity contribution < 1.29 is 0 Å². The Morgan fingerprint density at radius 2 is 0.714 bits per heavy atom. The van der Waals surface area contributed by atoms with Gasteiger partial charge in [-0.3, -0.25) is 0 Å². The van der Waals surface area contributed by atoms with Crippen LogP contribution in [0.25, 0.3) is 0 Å². The maximum absolute atomic E-state index is 2.54. The van der Waals surface area contributed by atoms with Gasteiger partial charge in [-0.1, -0.05) is 39.0 Å². The van der Waals surface area contributed by atoms with Gasteiger partial charge in [0, 0.05) is 0 Å². The van der Waals surface area contributed by atoms with Crippen LogP contribution in [0.2, 0.25) is 14.3 Å². The first-order valence-electron chi connectivity index (χ1n) is 10.1. The molecule has 0 aliphatic carbocycles. The van der Waals surface area contributed by atoms with Crippen LogP contribution in [-0.4, -0.2) is 19.8 Å². The van der Waals surface area contributed by atoms with Gasteiger partial charge in [-0.05, 0) is 0 Å². The van der Waals surface area contributed by atoms with Gasteiger partial charge >= 0.3 is 105 Å². The fourth-order valence-electron chi connectivity index (χ4n) is 3.03. The van der Waals surface area contributed by atoms with Gasteiger partial charge < -0.3 is 0 Å². The molecule has 0 saturated heterocycles. The molecule has 0 unspecified atom stereocenters. The molecular weight excluding hydrogens is 359 g/mol. The second kappa shape index (κ2) is 18.8. The van der Waals surface area contributed by atoms with Gasteiger partial charge in [-0.25, -0.2) is 0 Å². The minimum atomic E-state index is -0.747. The standard InChI is InChI=1S/C18H37.2CH3.Sn/c1-3-5-7-9-11-13-15-17-18-16-14-12-10-8-6-4-2;;;/h1,3-18H2,2H3;2*1H3;/q;;;+1. The van der Waals surface area contributed by atoms with Crippen molar-refractivity contribution in [3.05, 3.63) is 0 Å². The first-order valence-corrected chi connectivity index (χ1v) is 17.8. The van der Waals surface area contributed by atoms with E-state index in [0.29, 0.717) is 0 Å². The fourth-order valence-corrected chi connectivity index (χ4v) is 5.76. The SMILES string of the molecule is CCCCCCCCCCCCCCCCC[CH2][Sn+]([CH3])[CH3]. The summed E-state index contributed by atoms with van der Waals surface area (Å²) in [5, 5.41) is 0. The van der Waals surface area contributed by atoms with Crippen molar-refractivity contribution in [2.45, 2.75) is 124 Å². The van der Waals surface area contributed by atoms with Crippen molar-refractivity contribution in [3.8, 4) is 0 Å². The molecule has 0 rings (SSSR count). The third-order valence-corrected chi connectivity index (χ3v) is 8.39. The first-order chi connectivity index (χ1) is 10.3. The molecule has 0 atom stereocenters. The normalized spacial score (nSPS) is 11.0. The summed E-state index contributed by atoms with van der Waals surface area (Å²) >= 11 is -0.747. The molecule has 0 aliphatic heterocycles. The zero-order valence-electron chi connectivity index (χ0n) is 15.5. The molecule has 0 N–H and O–H groups in total. The molecule has 0 aliphatic rings. The van der Waals surface area contributed by atoms with Gasteiger partial charge in [0.05, 0.1) is 0 Å². The summed E-state index contributed by atoms with van der Waals surface area (Å²) in [6, 6.07) is 0. The molecular formula is C20H43Sn+. The topological polar surface area (TPSA) is 0 Å². The predicted molar refractivity (Wildman–Crippen MR) is 102 cm³/mol. The van der Waals surface area contributed by atoms with Gasteiger partial charge in [-0.15, -0.1) is 0 Å². The molecule has 0 aromatic heterocycles. The molecule has 0 radical (unpaired) electrons. The Kier molecular flexibility index (Phi) is 19.6. The van der Waals surface area contributed by atoms with Gasteiger partial charge in [-0.2, -0.15) is 0 Å². The van der Waals surface area contributed by atoms with E-state index in [1.54, 1.807) is 10.9 Å². The second-order valence-electron chi connectivity index (χ2n) is 7.26. The van der Waals surface area contributed by atoms with E-state index in [-0.39, 0.29) is 0 Å². The molecule has 0 aromatic carbocycles. The summed E-state index contributed by atoms with van der Waals surface area (Å²) in [7, 11) is 0. The van der Waals surface area contributed by atoms with E-state index in [1.165, 1.54) is 96.3 Å². The van der Waals surface area contributed by atoms with Crippen molar-refractivity contribution in [3.63, 3.8) is 0 Å². The third-order valence-electron chi connectivity index (χ3n) is 4.53. The molecule has 0 saturated carbocycles.